The molecule has 3 fully saturated rings. The summed E-state index contributed by atoms with van der Waals surface area (Å²) in [4.78, 5) is 27.1. The molecule has 21 heavy (non-hydrogen) atoms. The van der Waals surface area contributed by atoms with Gasteiger partial charge < -0.3 is 4.74 Å². The van der Waals surface area contributed by atoms with Gasteiger partial charge in [-0.2, -0.15) is 0 Å². The maximum Gasteiger partial charge on any atom is 0.240 e. The van der Waals surface area contributed by atoms with Gasteiger partial charge in [0.25, 0.3) is 0 Å². The molecule has 4 rings (SSSR count). The number of aryl methyl sites for hydroxylation is 1. The molecule has 4 atom stereocenters. The first-order valence-electron chi connectivity index (χ1n) is 7.50. The number of imide groups is 1. The maximum atomic E-state index is 12.8. The molecule has 0 N–H and O–H groups in total. The highest BCUT2D eigenvalue weighted by molar-refractivity contribution is 6.23. The number of carbonyl (C=O) groups excluding carboxylic acids is 2. The van der Waals surface area contributed by atoms with Crippen LogP contribution in [-0.2, 0) is 14.3 Å². The number of hydrogen-bond acceptors (Lipinski definition) is 3. The second-order valence-corrected chi connectivity index (χ2v) is 7.03. The van der Waals surface area contributed by atoms with E-state index >= 15 is 0 Å². The standard InChI is InChI=1S/C17H19NO3/c1-10-4-6-11(7-5-10)18-14(19)12-13(15(18)20)17(3)9-8-16(12,2)21-17/h4-7,12-13H,8-9H2,1-3H3/t12-,13+,16-,17?/m1/s1. The lowest BCUT2D eigenvalue weighted by molar-refractivity contribution is -0.129. The Morgan fingerprint density at radius 1 is 1.00 bits per heavy atom. The van der Waals surface area contributed by atoms with Crippen molar-refractivity contribution in [2.45, 2.75) is 44.8 Å². The first-order valence-corrected chi connectivity index (χ1v) is 7.50. The van der Waals surface area contributed by atoms with Gasteiger partial charge in [-0.3, -0.25) is 9.59 Å². The van der Waals surface area contributed by atoms with Gasteiger partial charge in [-0.15, -0.1) is 0 Å². The summed E-state index contributed by atoms with van der Waals surface area (Å²) in [7, 11) is 0. The Morgan fingerprint density at radius 3 is 1.95 bits per heavy atom. The molecular formula is C17H19NO3. The van der Waals surface area contributed by atoms with E-state index in [9.17, 15) is 9.59 Å². The number of benzene rings is 1. The zero-order valence-corrected chi connectivity index (χ0v) is 12.6. The van der Waals surface area contributed by atoms with Crippen molar-refractivity contribution in [3.05, 3.63) is 29.8 Å². The lowest BCUT2D eigenvalue weighted by Gasteiger charge is -2.27. The smallest absolute Gasteiger partial charge is 0.240 e. The summed E-state index contributed by atoms with van der Waals surface area (Å²) < 4.78 is 6.09. The molecule has 3 aliphatic heterocycles. The third-order valence-electron chi connectivity index (χ3n) is 5.50. The van der Waals surface area contributed by atoms with Crippen LogP contribution in [0.4, 0.5) is 5.69 Å². The third-order valence-corrected chi connectivity index (χ3v) is 5.50. The molecule has 0 spiro atoms. The Bertz CT molecular complexity index is 619. The highest BCUT2D eigenvalue weighted by atomic mass is 16.5. The number of ether oxygens (including phenoxy) is 1. The van der Waals surface area contributed by atoms with Gasteiger partial charge in [-0.05, 0) is 45.7 Å². The first kappa shape index (κ1) is 13.0. The Hall–Kier alpha value is -1.68. The summed E-state index contributed by atoms with van der Waals surface area (Å²) in [5, 5.41) is 0. The van der Waals surface area contributed by atoms with Gasteiger partial charge in [0.2, 0.25) is 11.8 Å². The molecule has 2 bridgehead atoms. The molecular weight excluding hydrogens is 266 g/mol. The van der Waals surface area contributed by atoms with E-state index in [4.69, 9.17) is 4.74 Å². The Balaban J connectivity index is 1.79. The summed E-state index contributed by atoms with van der Waals surface area (Å²) in [5.74, 6) is -0.852. The largest absolute Gasteiger partial charge is 0.367 e. The molecule has 0 aliphatic carbocycles. The molecule has 1 unspecified atom stereocenters. The van der Waals surface area contributed by atoms with Crippen LogP contribution in [0.15, 0.2) is 24.3 Å². The molecule has 0 aromatic heterocycles. The number of amides is 2. The minimum Gasteiger partial charge on any atom is -0.367 e. The Kier molecular flexibility index (Phi) is 2.32. The molecule has 4 nitrogen and oxygen atoms in total. The highest BCUT2D eigenvalue weighted by Gasteiger charge is 2.72. The van der Waals surface area contributed by atoms with Crippen molar-refractivity contribution in [1.82, 2.24) is 0 Å². The lowest BCUT2D eigenvalue weighted by atomic mass is 9.69. The maximum absolute atomic E-state index is 12.8. The van der Waals surface area contributed by atoms with Crippen molar-refractivity contribution in [1.29, 1.82) is 0 Å². The van der Waals surface area contributed by atoms with Gasteiger partial charge in [0.15, 0.2) is 0 Å². The molecule has 1 aromatic rings. The van der Waals surface area contributed by atoms with Crippen molar-refractivity contribution in [3.63, 3.8) is 0 Å². The molecule has 3 saturated heterocycles. The minimum atomic E-state index is -0.481. The zero-order chi connectivity index (χ0) is 15.0. The van der Waals surface area contributed by atoms with Crippen LogP contribution in [0, 0.1) is 18.8 Å². The fraction of sp³-hybridized carbons (Fsp3) is 0.529. The fourth-order valence-electron chi connectivity index (χ4n) is 4.42. The number of rotatable bonds is 1. The predicted molar refractivity (Wildman–Crippen MR) is 77.8 cm³/mol. The second-order valence-electron chi connectivity index (χ2n) is 7.03. The van der Waals surface area contributed by atoms with E-state index < -0.39 is 11.2 Å². The minimum absolute atomic E-state index is 0.0974. The normalized spacial score (nSPS) is 41.0. The van der Waals surface area contributed by atoms with Gasteiger partial charge in [0.05, 0.1) is 28.7 Å². The van der Waals surface area contributed by atoms with Crippen LogP contribution in [0.3, 0.4) is 0 Å². The SMILES string of the molecule is Cc1ccc(N2C(=O)[C@@H]3[C@H](C2=O)[C@@]2(C)CCC3(C)O2)cc1. The van der Waals surface area contributed by atoms with Crippen molar-refractivity contribution >= 4 is 17.5 Å². The van der Waals surface area contributed by atoms with Gasteiger partial charge in [0, 0.05) is 0 Å². The molecule has 0 saturated carbocycles. The van der Waals surface area contributed by atoms with Crippen LogP contribution in [0.5, 0.6) is 0 Å². The number of hydrogen-bond donors (Lipinski definition) is 0. The van der Waals surface area contributed by atoms with E-state index in [-0.39, 0.29) is 23.7 Å². The molecule has 2 amide bonds. The van der Waals surface area contributed by atoms with E-state index in [2.05, 4.69) is 0 Å². The molecule has 0 radical (unpaired) electrons. The summed E-state index contributed by atoms with van der Waals surface area (Å²) in [6.45, 7) is 5.95. The van der Waals surface area contributed by atoms with E-state index in [0.29, 0.717) is 5.69 Å². The summed E-state index contributed by atoms with van der Waals surface area (Å²) in [6.07, 6.45) is 1.71. The van der Waals surface area contributed by atoms with Crippen LogP contribution in [-0.4, -0.2) is 23.0 Å². The summed E-state index contributed by atoms with van der Waals surface area (Å²) >= 11 is 0. The predicted octanol–water partition coefficient (Wildman–Crippen LogP) is 2.44. The van der Waals surface area contributed by atoms with Crippen LogP contribution in [0.25, 0.3) is 0 Å². The van der Waals surface area contributed by atoms with Crippen molar-refractivity contribution in [2.24, 2.45) is 11.8 Å². The van der Waals surface area contributed by atoms with Crippen molar-refractivity contribution < 1.29 is 14.3 Å². The quantitative estimate of drug-likeness (QED) is 0.745. The number of fused-ring (bicyclic) bond motifs is 5. The van der Waals surface area contributed by atoms with E-state index in [0.717, 1.165) is 18.4 Å². The number of carbonyl (C=O) groups is 2. The molecule has 3 heterocycles. The van der Waals surface area contributed by atoms with E-state index in [1.165, 1.54) is 4.90 Å². The monoisotopic (exact) mass is 285 g/mol. The van der Waals surface area contributed by atoms with Crippen LogP contribution >= 0.6 is 0 Å². The van der Waals surface area contributed by atoms with E-state index in [1.807, 2.05) is 45.0 Å². The number of nitrogens with zero attached hydrogens (tertiary/aromatic N) is 1. The first-order chi connectivity index (χ1) is 9.86. The van der Waals surface area contributed by atoms with Crippen LogP contribution < -0.4 is 4.90 Å². The Labute approximate surface area is 124 Å². The fourth-order valence-corrected chi connectivity index (χ4v) is 4.42. The molecule has 4 heteroatoms. The Morgan fingerprint density at radius 2 is 1.48 bits per heavy atom. The molecule has 3 aliphatic rings. The van der Waals surface area contributed by atoms with E-state index in [1.54, 1.807) is 0 Å². The lowest BCUT2D eigenvalue weighted by Crippen LogP contribution is -2.40. The van der Waals surface area contributed by atoms with Gasteiger partial charge in [-0.25, -0.2) is 4.90 Å². The molecule has 1 aromatic carbocycles. The zero-order valence-electron chi connectivity index (χ0n) is 12.6. The molecule has 110 valence electrons. The third kappa shape index (κ3) is 1.49. The average Bonchev–Trinajstić information content (AvgIpc) is 2.97. The summed E-state index contributed by atoms with van der Waals surface area (Å²) in [5.41, 5.74) is 0.828. The van der Waals surface area contributed by atoms with Gasteiger partial charge in [0.1, 0.15) is 0 Å². The van der Waals surface area contributed by atoms with Crippen molar-refractivity contribution in [2.75, 3.05) is 4.90 Å². The topological polar surface area (TPSA) is 46.6 Å². The van der Waals surface area contributed by atoms with Gasteiger partial charge in [-0.1, -0.05) is 17.7 Å². The average molecular weight is 285 g/mol. The second kappa shape index (κ2) is 3.74. The summed E-state index contributed by atoms with van der Waals surface area (Å²) in [6, 6.07) is 7.55. The van der Waals surface area contributed by atoms with Gasteiger partial charge >= 0.3 is 0 Å². The highest BCUT2D eigenvalue weighted by Crippen LogP contribution is 2.60. The van der Waals surface area contributed by atoms with Crippen LogP contribution in [0.2, 0.25) is 0 Å². The number of anilines is 1. The van der Waals surface area contributed by atoms with Crippen LogP contribution in [0.1, 0.15) is 32.3 Å². The van der Waals surface area contributed by atoms with Crippen molar-refractivity contribution in [3.8, 4) is 0 Å².